The third-order valence-electron chi connectivity index (χ3n) is 2.13. The van der Waals surface area contributed by atoms with Crippen LogP contribution >= 0.6 is 0 Å². The van der Waals surface area contributed by atoms with Gasteiger partial charge in [-0.3, -0.25) is 4.52 Å². The number of aromatic amines is 1. The van der Waals surface area contributed by atoms with Gasteiger partial charge in [-0.05, 0) is 16.0 Å². The number of benzene rings is 1. The van der Waals surface area contributed by atoms with E-state index >= 15 is 0 Å². The van der Waals surface area contributed by atoms with E-state index in [-0.39, 0.29) is 0 Å². The summed E-state index contributed by atoms with van der Waals surface area (Å²) in [5.74, 6) is 1.24. The molecule has 0 saturated heterocycles. The van der Waals surface area contributed by atoms with E-state index in [1.54, 1.807) is 25.3 Å². The van der Waals surface area contributed by atoms with E-state index in [0.29, 0.717) is 17.2 Å². The fourth-order valence-electron chi connectivity index (χ4n) is 1.35. The first-order valence-corrected chi connectivity index (χ1v) is 4.57. The SMILES string of the molecule is COc1ccc(-[n+]2cc(=O)o[nH]2)c(OC)c1. The molecule has 2 aromatic rings. The van der Waals surface area contributed by atoms with Gasteiger partial charge in [-0.2, -0.15) is 0 Å². The molecule has 0 atom stereocenters. The van der Waals surface area contributed by atoms with E-state index in [0.717, 1.165) is 0 Å². The van der Waals surface area contributed by atoms with E-state index < -0.39 is 5.63 Å². The van der Waals surface area contributed by atoms with Crippen molar-refractivity contribution >= 4 is 0 Å². The van der Waals surface area contributed by atoms with Crippen molar-refractivity contribution in [1.82, 2.24) is 5.27 Å². The zero-order valence-corrected chi connectivity index (χ0v) is 8.89. The van der Waals surface area contributed by atoms with Crippen LogP contribution in [0, 0.1) is 0 Å². The molecule has 2 rings (SSSR count). The number of rotatable bonds is 3. The van der Waals surface area contributed by atoms with Gasteiger partial charge in [0.1, 0.15) is 5.75 Å². The molecule has 16 heavy (non-hydrogen) atoms. The fourth-order valence-corrected chi connectivity index (χ4v) is 1.35. The molecule has 1 heterocycles. The van der Waals surface area contributed by atoms with Crippen LogP contribution in [0.15, 0.2) is 33.7 Å². The van der Waals surface area contributed by atoms with Crippen LogP contribution in [0.3, 0.4) is 0 Å². The summed E-state index contributed by atoms with van der Waals surface area (Å²) < 4.78 is 16.3. The van der Waals surface area contributed by atoms with Crippen LogP contribution in [-0.2, 0) is 0 Å². The molecule has 1 N–H and O–H groups in total. The van der Waals surface area contributed by atoms with E-state index in [2.05, 4.69) is 9.79 Å². The second-order valence-electron chi connectivity index (χ2n) is 3.05. The van der Waals surface area contributed by atoms with Gasteiger partial charge in [0.05, 0.1) is 14.2 Å². The Morgan fingerprint density at radius 2 is 2.12 bits per heavy atom. The minimum Gasteiger partial charge on any atom is -0.497 e. The summed E-state index contributed by atoms with van der Waals surface area (Å²) >= 11 is 0. The second kappa shape index (κ2) is 4.09. The molecule has 0 spiro atoms. The van der Waals surface area contributed by atoms with Crippen LogP contribution in [0.5, 0.6) is 11.5 Å². The Labute approximate surface area is 91.0 Å². The highest BCUT2D eigenvalue weighted by atomic mass is 16.5. The molecular weight excluding hydrogens is 212 g/mol. The van der Waals surface area contributed by atoms with E-state index in [9.17, 15) is 4.79 Å². The predicted molar refractivity (Wildman–Crippen MR) is 54.0 cm³/mol. The van der Waals surface area contributed by atoms with E-state index in [1.807, 2.05) is 0 Å². The minimum absolute atomic E-state index is 0.460. The fraction of sp³-hybridized carbons (Fsp3) is 0.200. The maximum atomic E-state index is 10.9. The summed E-state index contributed by atoms with van der Waals surface area (Å²) in [6.45, 7) is 0. The molecule has 0 fully saturated rings. The van der Waals surface area contributed by atoms with Gasteiger partial charge >= 0.3 is 5.63 Å². The number of nitrogens with one attached hydrogen (secondary N) is 1. The molecule has 84 valence electrons. The monoisotopic (exact) mass is 223 g/mol. The van der Waals surface area contributed by atoms with Gasteiger partial charge in [-0.25, -0.2) is 4.79 Å². The van der Waals surface area contributed by atoms with Crippen LogP contribution in [0.1, 0.15) is 0 Å². The molecule has 0 saturated carbocycles. The van der Waals surface area contributed by atoms with Crippen molar-refractivity contribution in [3.8, 4) is 17.2 Å². The van der Waals surface area contributed by atoms with Crippen molar-refractivity contribution in [2.75, 3.05) is 14.2 Å². The van der Waals surface area contributed by atoms with Crippen molar-refractivity contribution in [2.24, 2.45) is 0 Å². The van der Waals surface area contributed by atoms with Crippen molar-refractivity contribution in [3.63, 3.8) is 0 Å². The van der Waals surface area contributed by atoms with E-state index in [1.165, 1.54) is 18.0 Å². The largest absolute Gasteiger partial charge is 0.497 e. The summed E-state index contributed by atoms with van der Waals surface area (Å²) in [6, 6.07) is 5.23. The Bertz CT molecular complexity index is 544. The first-order chi connectivity index (χ1) is 7.74. The van der Waals surface area contributed by atoms with Gasteiger partial charge in [-0.15, -0.1) is 0 Å². The summed E-state index contributed by atoms with van der Waals surface area (Å²) in [5, 5.41) is 2.44. The average molecular weight is 223 g/mol. The highest BCUT2D eigenvalue weighted by Crippen LogP contribution is 2.23. The molecule has 0 unspecified atom stereocenters. The molecule has 6 nitrogen and oxygen atoms in total. The maximum absolute atomic E-state index is 10.9. The lowest BCUT2D eigenvalue weighted by molar-refractivity contribution is -0.670. The Balaban J connectivity index is 2.52. The molecule has 0 aliphatic heterocycles. The number of aromatic nitrogens is 2. The van der Waals surface area contributed by atoms with Crippen LogP contribution < -0.4 is 19.8 Å². The molecule has 0 aliphatic rings. The number of H-pyrrole nitrogens is 1. The number of nitrogens with zero attached hydrogens (tertiary/aromatic N) is 1. The summed E-state index contributed by atoms with van der Waals surface area (Å²) in [5.41, 5.74) is 0.201. The number of hydrogen-bond acceptors (Lipinski definition) is 4. The molecule has 0 bridgehead atoms. The Morgan fingerprint density at radius 3 is 2.69 bits per heavy atom. The van der Waals surface area contributed by atoms with Gasteiger partial charge in [0, 0.05) is 12.1 Å². The average Bonchev–Trinajstić information content (AvgIpc) is 2.74. The van der Waals surface area contributed by atoms with Crippen LogP contribution in [0.25, 0.3) is 5.69 Å². The third-order valence-corrected chi connectivity index (χ3v) is 2.13. The molecule has 0 radical (unpaired) electrons. The molecule has 6 heteroatoms. The van der Waals surface area contributed by atoms with Crippen molar-refractivity contribution in [3.05, 3.63) is 34.8 Å². The minimum atomic E-state index is -0.460. The smallest absolute Gasteiger partial charge is 0.427 e. The van der Waals surface area contributed by atoms with Gasteiger partial charge in [0.2, 0.25) is 0 Å². The zero-order chi connectivity index (χ0) is 11.5. The van der Waals surface area contributed by atoms with Crippen LogP contribution in [0.4, 0.5) is 0 Å². The van der Waals surface area contributed by atoms with E-state index in [4.69, 9.17) is 9.47 Å². The molecule has 1 aromatic heterocycles. The molecule has 0 aliphatic carbocycles. The Kier molecular flexibility index (Phi) is 2.63. The first kappa shape index (κ1) is 10.3. The maximum Gasteiger partial charge on any atom is 0.427 e. The third kappa shape index (κ3) is 1.77. The van der Waals surface area contributed by atoms with Crippen LogP contribution in [0.2, 0.25) is 0 Å². The highest BCUT2D eigenvalue weighted by molar-refractivity contribution is 5.45. The molecule has 1 aromatic carbocycles. The van der Waals surface area contributed by atoms with Crippen molar-refractivity contribution in [2.45, 2.75) is 0 Å². The summed E-state index contributed by atoms with van der Waals surface area (Å²) in [4.78, 5) is 10.9. The molecule has 0 amide bonds. The predicted octanol–water partition coefficient (Wildman–Crippen LogP) is 0.262. The first-order valence-electron chi connectivity index (χ1n) is 4.57. The Hall–Kier alpha value is -2.24. The lowest BCUT2D eigenvalue weighted by atomic mass is 10.3. The summed E-state index contributed by atoms with van der Waals surface area (Å²) in [6.07, 6.45) is 1.28. The zero-order valence-electron chi connectivity index (χ0n) is 8.89. The standard InChI is InChI=1S/C10H10N2O4/c1-14-7-3-4-8(9(5-7)15-2)12-6-10(13)16-11-12/h3-6H,1-2H3/p+1. The van der Waals surface area contributed by atoms with Crippen LogP contribution in [-0.4, -0.2) is 19.5 Å². The number of ether oxygens (including phenoxy) is 2. The number of hydrogen-bond donors (Lipinski definition) is 1. The number of methoxy groups -OCH3 is 2. The summed E-state index contributed by atoms with van der Waals surface area (Å²) in [7, 11) is 3.11. The highest BCUT2D eigenvalue weighted by Gasteiger charge is 2.17. The van der Waals surface area contributed by atoms with Gasteiger partial charge in [0.15, 0.2) is 5.75 Å². The lowest BCUT2D eigenvalue weighted by Gasteiger charge is -2.03. The normalized spacial score (nSPS) is 10.1. The molecular formula is C10H11N2O4+. The van der Waals surface area contributed by atoms with Crippen molar-refractivity contribution < 1.29 is 18.7 Å². The Morgan fingerprint density at radius 1 is 1.31 bits per heavy atom. The second-order valence-corrected chi connectivity index (χ2v) is 3.05. The lowest BCUT2D eigenvalue weighted by Crippen LogP contribution is -2.32. The van der Waals surface area contributed by atoms with Gasteiger partial charge < -0.3 is 9.47 Å². The quantitative estimate of drug-likeness (QED) is 0.758. The topological polar surface area (TPSA) is 68.3 Å². The van der Waals surface area contributed by atoms with Gasteiger partial charge in [0.25, 0.3) is 11.9 Å². The van der Waals surface area contributed by atoms with Crippen molar-refractivity contribution in [1.29, 1.82) is 0 Å². The van der Waals surface area contributed by atoms with Gasteiger partial charge in [-0.1, -0.05) is 0 Å².